The summed E-state index contributed by atoms with van der Waals surface area (Å²) in [7, 11) is 0. The summed E-state index contributed by atoms with van der Waals surface area (Å²) < 4.78 is 4.90. The highest BCUT2D eigenvalue weighted by molar-refractivity contribution is 5.90. The largest absolute Gasteiger partial charge is 0.466 e. The Hall–Kier alpha value is -1.49. The predicted octanol–water partition coefficient (Wildman–Crippen LogP) is 4.16. The quantitative estimate of drug-likeness (QED) is 0.278. The average molecular weight is 381 g/mol. The van der Waals surface area contributed by atoms with Crippen molar-refractivity contribution in [3.05, 3.63) is 12.2 Å². The molecule has 0 aromatic carbocycles. The normalized spacial score (nSPS) is 22.5. The van der Waals surface area contributed by atoms with E-state index in [0.717, 1.165) is 51.4 Å². The van der Waals surface area contributed by atoms with E-state index in [1.165, 1.54) is 0 Å². The second-order valence-electron chi connectivity index (χ2n) is 7.46. The van der Waals surface area contributed by atoms with Gasteiger partial charge in [0.25, 0.3) is 0 Å². The van der Waals surface area contributed by atoms with Crippen LogP contribution in [0.3, 0.4) is 0 Å². The molecule has 0 aliphatic heterocycles. The summed E-state index contributed by atoms with van der Waals surface area (Å²) in [6.45, 7) is 4.32. The molecule has 1 aliphatic carbocycles. The van der Waals surface area contributed by atoms with Gasteiger partial charge < -0.3 is 9.84 Å². The van der Waals surface area contributed by atoms with Gasteiger partial charge in [-0.05, 0) is 32.3 Å². The molecule has 1 rings (SSSR count). The summed E-state index contributed by atoms with van der Waals surface area (Å²) >= 11 is 0. The van der Waals surface area contributed by atoms with Crippen molar-refractivity contribution in [3.8, 4) is 0 Å². The van der Waals surface area contributed by atoms with Crippen molar-refractivity contribution in [1.82, 2.24) is 0 Å². The minimum Gasteiger partial charge on any atom is -0.466 e. The first-order valence-electron chi connectivity index (χ1n) is 10.6. The molecule has 0 amide bonds. The van der Waals surface area contributed by atoms with Gasteiger partial charge in [-0.1, -0.05) is 45.1 Å². The third kappa shape index (κ3) is 9.32. The van der Waals surface area contributed by atoms with Crippen LogP contribution in [0.1, 0.15) is 84.5 Å². The SMILES string of the molecule is CCCCCC(=O)C=C[C@H]1[C@H](O)CC(=O)[C@H]1CCCCCCC(=O)OCC. The molecule has 1 fully saturated rings. The molecule has 0 saturated heterocycles. The van der Waals surface area contributed by atoms with Crippen LogP contribution in [0.5, 0.6) is 0 Å². The van der Waals surface area contributed by atoms with Gasteiger partial charge >= 0.3 is 5.97 Å². The third-order valence-corrected chi connectivity index (χ3v) is 5.22. The third-order valence-electron chi connectivity index (χ3n) is 5.22. The van der Waals surface area contributed by atoms with Gasteiger partial charge in [0.2, 0.25) is 0 Å². The number of aliphatic hydroxyl groups is 1. The van der Waals surface area contributed by atoms with Crippen LogP contribution in [0.15, 0.2) is 12.2 Å². The highest BCUT2D eigenvalue weighted by Gasteiger charge is 2.39. The number of allylic oxidation sites excluding steroid dienone is 1. The molecule has 0 radical (unpaired) electrons. The molecular weight excluding hydrogens is 344 g/mol. The topological polar surface area (TPSA) is 80.7 Å². The number of esters is 1. The van der Waals surface area contributed by atoms with E-state index in [0.29, 0.717) is 19.4 Å². The lowest BCUT2D eigenvalue weighted by Crippen LogP contribution is -2.19. The Bertz CT molecular complexity index is 497. The number of Topliss-reactive ketones (excluding diaryl/α,β-unsaturated/α-hetero) is 1. The lowest BCUT2D eigenvalue weighted by Gasteiger charge is -2.17. The number of ketones is 2. The van der Waals surface area contributed by atoms with Crippen LogP contribution in [0.4, 0.5) is 0 Å². The monoisotopic (exact) mass is 380 g/mol. The molecule has 1 aliphatic rings. The molecule has 154 valence electrons. The number of carbonyl (C=O) groups excluding carboxylic acids is 3. The first-order chi connectivity index (χ1) is 13.0. The van der Waals surface area contributed by atoms with Gasteiger partial charge in [-0.15, -0.1) is 0 Å². The highest BCUT2D eigenvalue weighted by atomic mass is 16.5. The van der Waals surface area contributed by atoms with Crippen molar-refractivity contribution < 1.29 is 24.2 Å². The highest BCUT2D eigenvalue weighted by Crippen LogP contribution is 2.34. The van der Waals surface area contributed by atoms with E-state index in [2.05, 4.69) is 6.92 Å². The van der Waals surface area contributed by atoms with E-state index in [1.807, 2.05) is 0 Å². The zero-order valence-electron chi connectivity index (χ0n) is 17.0. The Morgan fingerprint density at radius 2 is 1.78 bits per heavy atom. The van der Waals surface area contributed by atoms with E-state index in [1.54, 1.807) is 19.1 Å². The summed E-state index contributed by atoms with van der Waals surface area (Å²) in [6.07, 6.45) is 11.1. The summed E-state index contributed by atoms with van der Waals surface area (Å²) in [5.41, 5.74) is 0. The van der Waals surface area contributed by atoms with E-state index in [9.17, 15) is 19.5 Å². The minimum absolute atomic E-state index is 0.0766. The number of rotatable bonds is 14. The molecule has 0 unspecified atom stereocenters. The molecule has 0 heterocycles. The molecule has 27 heavy (non-hydrogen) atoms. The van der Waals surface area contributed by atoms with Gasteiger partial charge in [0.1, 0.15) is 5.78 Å². The fourth-order valence-corrected chi connectivity index (χ4v) is 3.66. The van der Waals surface area contributed by atoms with E-state index in [4.69, 9.17) is 4.74 Å². The number of unbranched alkanes of at least 4 members (excludes halogenated alkanes) is 5. The standard InChI is InChI=1S/C22H36O5/c1-3-5-8-11-17(23)14-15-19-18(20(24)16-21(19)25)12-9-6-7-10-13-22(26)27-4-2/h14-15,18-19,21,25H,3-13,16H2,1-2H3/t18-,19+,21+/m0/s1. The Labute approximate surface area is 163 Å². The molecule has 0 bridgehead atoms. The Balaban J connectivity index is 2.35. The fourth-order valence-electron chi connectivity index (χ4n) is 3.66. The van der Waals surface area contributed by atoms with Crippen LogP contribution >= 0.6 is 0 Å². The summed E-state index contributed by atoms with van der Waals surface area (Å²) in [5, 5.41) is 10.2. The van der Waals surface area contributed by atoms with Crippen LogP contribution in [0, 0.1) is 11.8 Å². The molecular formula is C22H36O5. The second kappa shape index (κ2) is 13.6. The zero-order chi connectivity index (χ0) is 20.1. The fraction of sp³-hybridized carbons (Fsp3) is 0.773. The van der Waals surface area contributed by atoms with Crippen molar-refractivity contribution >= 4 is 17.5 Å². The van der Waals surface area contributed by atoms with Gasteiger partial charge in [0.15, 0.2) is 5.78 Å². The van der Waals surface area contributed by atoms with Crippen LogP contribution in [0.2, 0.25) is 0 Å². The Morgan fingerprint density at radius 3 is 2.48 bits per heavy atom. The molecule has 0 aromatic rings. The smallest absolute Gasteiger partial charge is 0.305 e. The van der Waals surface area contributed by atoms with Crippen LogP contribution in [-0.2, 0) is 19.1 Å². The van der Waals surface area contributed by atoms with Crippen molar-refractivity contribution in [2.75, 3.05) is 6.61 Å². The van der Waals surface area contributed by atoms with Crippen LogP contribution in [0.25, 0.3) is 0 Å². The summed E-state index contributed by atoms with van der Waals surface area (Å²) in [4.78, 5) is 35.4. The van der Waals surface area contributed by atoms with E-state index < -0.39 is 6.10 Å². The van der Waals surface area contributed by atoms with Gasteiger partial charge in [-0.25, -0.2) is 0 Å². The second-order valence-corrected chi connectivity index (χ2v) is 7.46. The first kappa shape index (κ1) is 23.5. The molecule has 5 nitrogen and oxygen atoms in total. The van der Waals surface area contributed by atoms with Gasteiger partial charge in [-0.3, -0.25) is 14.4 Å². The summed E-state index contributed by atoms with van der Waals surface area (Å²) in [5.74, 6) is -0.410. The number of ether oxygens (including phenoxy) is 1. The Kier molecular flexibility index (Phi) is 11.9. The van der Waals surface area contributed by atoms with Crippen LogP contribution in [-0.4, -0.2) is 35.4 Å². The van der Waals surface area contributed by atoms with E-state index >= 15 is 0 Å². The number of hydrogen-bond donors (Lipinski definition) is 1. The first-order valence-corrected chi connectivity index (χ1v) is 10.6. The van der Waals surface area contributed by atoms with E-state index in [-0.39, 0.29) is 35.8 Å². The molecule has 3 atom stereocenters. The molecule has 0 aromatic heterocycles. The molecule has 1 N–H and O–H groups in total. The minimum atomic E-state index is -0.675. The van der Waals surface area contributed by atoms with Crippen molar-refractivity contribution in [3.63, 3.8) is 0 Å². The van der Waals surface area contributed by atoms with Gasteiger partial charge in [0.05, 0.1) is 12.7 Å². The van der Waals surface area contributed by atoms with Crippen molar-refractivity contribution in [1.29, 1.82) is 0 Å². The van der Waals surface area contributed by atoms with Gasteiger partial charge in [0, 0.05) is 31.1 Å². The maximum Gasteiger partial charge on any atom is 0.305 e. The number of aliphatic hydroxyl groups excluding tert-OH is 1. The lowest BCUT2D eigenvalue weighted by atomic mass is 9.88. The molecule has 1 saturated carbocycles. The van der Waals surface area contributed by atoms with Crippen LogP contribution < -0.4 is 0 Å². The average Bonchev–Trinajstić information content (AvgIpc) is 2.89. The maximum atomic E-state index is 12.2. The van der Waals surface area contributed by atoms with Gasteiger partial charge in [-0.2, -0.15) is 0 Å². The lowest BCUT2D eigenvalue weighted by molar-refractivity contribution is -0.143. The molecule has 0 spiro atoms. The number of carbonyl (C=O) groups is 3. The molecule has 5 heteroatoms. The Morgan fingerprint density at radius 1 is 1.07 bits per heavy atom. The zero-order valence-corrected chi connectivity index (χ0v) is 17.0. The van der Waals surface area contributed by atoms with Crippen molar-refractivity contribution in [2.45, 2.75) is 90.6 Å². The number of hydrogen-bond acceptors (Lipinski definition) is 5. The van der Waals surface area contributed by atoms with Crippen molar-refractivity contribution in [2.24, 2.45) is 11.8 Å². The summed E-state index contributed by atoms with van der Waals surface area (Å²) in [6, 6.07) is 0. The maximum absolute atomic E-state index is 12.2. The predicted molar refractivity (Wildman–Crippen MR) is 105 cm³/mol.